The molecule has 0 N–H and O–H groups in total. The van der Waals surface area contributed by atoms with E-state index in [9.17, 15) is 9.59 Å². The molecular formula is C27H21ClN2O5. The molecule has 0 bridgehead atoms. The van der Waals surface area contributed by atoms with Gasteiger partial charge in [0.05, 0.1) is 28.6 Å². The average Bonchev–Trinajstić information content (AvgIpc) is 3.16. The number of carbonyl (C=O) groups excluding carboxylic acids is 1. The van der Waals surface area contributed by atoms with E-state index in [1.807, 2.05) is 6.92 Å². The molecule has 0 saturated heterocycles. The summed E-state index contributed by atoms with van der Waals surface area (Å²) in [6, 6.07) is 14.7. The van der Waals surface area contributed by atoms with Gasteiger partial charge in [0.2, 0.25) is 5.76 Å². The van der Waals surface area contributed by atoms with E-state index in [0.29, 0.717) is 52.1 Å². The Labute approximate surface area is 206 Å². The molecule has 5 rings (SSSR count). The van der Waals surface area contributed by atoms with Gasteiger partial charge in [0.25, 0.3) is 5.91 Å². The van der Waals surface area contributed by atoms with Gasteiger partial charge in [-0.05, 0) is 48.9 Å². The molecule has 2 aromatic carbocycles. The van der Waals surface area contributed by atoms with Crippen LogP contribution in [0.4, 0.5) is 5.82 Å². The topological polar surface area (TPSA) is 81.9 Å². The Morgan fingerprint density at radius 3 is 2.69 bits per heavy atom. The lowest BCUT2D eigenvalue weighted by atomic mass is 9.98. The summed E-state index contributed by atoms with van der Waals surface area (Å²) in [5, 5.41) is 0.822. The Morgan fingerprint density at radius 1 is 1.11 bits per heavy atom. The number of benzene rings is 2. The molecule has 0 spiro atoms. The normalized spacial score (nSPS) is 14.7. The van der Waals surface area contributed by atoms with E-state index in [1.165, 1.54) is 11.1 Å². The van der Waals surface area contributed by atoms with Crippen LogP contribution in [0.3, 0.4) is 0 Å². The molecule has 1 amide bonds. The van der Waals surface area contributed by atoms with Crippen LogP contribution >= 0.6 is 11.6 Å². The van der Waals surface area contributed by atoms with Gasteiger partial charge in [0.1, 0.15) is 18.0 Å². The van der Waals surface area contributed by atoms with Gasteiger partial charge in [0, 0.05) is 6.20 Å². The van der Waals surface area contributed by atoms with Crippen LogP contribution < -0.4 is 19.8 Å². The highest BCUT2D eigenvalue weighted by molar-refractivity contribution is 6.30. The molecule has 1 atom stereocenters. The van der Waals surface area contributed by atoms with Crippen LogP contribution in [0.1, 0.15) is 34.6 Å². The first-order valence-electron chi connectivity index (χ1n) is 11.0. The molecule has 7 nitrogen and oxygen atoms in total. The summed E-state index contributed by atoms with van der Waals surface area (Å²) in [5.74, 6) is 0.876. The Balaban J connectivity index is 1.74. The van der Waals surface area contributed by atoms with Crippen LogP contribution in [-0.2, 0) is 0 Å². The molecule has 4 aromatic rings. The van der Waals surface area contributed by atoms with Crippen molar-refractivity contribution in [3.63, 3.8) is 0 Å². The van der Waals surface area contributed by atoms with Gasteiger partial charge in [-0.25, -0.2) is 4.98 Å². The van der Waals surface area contributed by atoms with Crippen LogP contribution in [0.25, 0.3) is 11.0 Å². The molecule has 3 heterocycles. The molecule has 2 aromatic heterocycles. The number of ether oxygens (including phenoxy) is 2. The van der Waals surface area contributed by atoms with Crippen molar-refractivity contribution < 1.29 is 18.7 Å². The summed E-state index contributed by atoms with van der Waals surface area (Å²) < 4.78 is 17.5. The second kappa shape index (κ2) is 9.27. The molecule has 0 fully saturated rings. The molecule has 176 valence electrons. The van der Waals surface area contributed by atoms with Crippen molar-refractivity contribution in [3.05, 3.63) is 106 Å². The third kappa shape index (κ3) is 3.94. The third-order valence-electron chi connectivity index (χ3n) is 5.68. The van der Waals surface area contributed by atoms with Crippen LogP contribution in [0.15, 0.2) is 82.7 Å². The van der Waals surface area contributed by atoms with Crippen molar-refractivity contribution in [2.24, 2.45) is 0 Å². The van der Waals surface area contributed by atoms with Crippen molar-refractivity contribution in [2.75, 3.05) is 18.1 Å². The summed E-state index contributed by atoms with van der Waals surface area (Å²) in [7, 11) is 0. The van der Waals surface area contributed by atoms with E-state index < -0.39 is 11.9 Å². The molecule has 0 aliphatic carbocycles. The first-order chi connectivity index (χ1) is 17.0. The van der Waals surface area contributed by atoms with Crippen molar-refractivity contribution in [2.45, 2.75) is 13.0 Å². The smallest absolute Gasteiger partial charge is 0.296 e. The molecule has 0 saturated carbocycles. The number of nitrogens with zero attached hydrogens (tertiary/aromatic N) is 2. The third-order valence-corrected chi connectivity index (χ3v) is 5.90. The number of amides is 1. The Morgan fingerprint density at radius 2 is 1.94 bits per heavy atom. The number of halogens is 1. The summed E-state index contributed by atoms with van der Waals surface area (Å²) in [6.07, 6.45) is 3.09. The number of fused-ring (bicyclic) bond motifs is 2. The fourth-order valence-corrected chi connectivity index (χ4v) is 4.32. The predicted octanol–water partition coefficient (Wildman–Crippen LogP) is 5.55. The van der Waals surface area contributed by atoms with Gasteiger partial charge in [-0.2, -0.15) is 0 Å². The summed E-state index contributed by atoms with van der Waals surface area (Å²) in [4.78, 5) is 33.1. The first kappa shape index (κ1) is 22.7. The molecule has 8 heteroatoms. The zero-order valence-electron chi connectivity index (χ0n) is 18.9. The number of aromatic nitrogens is 1. The van der Waals surface area contributed by atoms with Gasteiger partial charge < -0.3 is 13.9 Å². The van der Waals surface area contributed by atoms with Gasteiger partial charge in [-0.15, -0.1) is 0 Å². The monoisotopic (exact) mass is 488 g/mol. The van der Waals surface area contributed by atoms with E-state index in [2.05, 4.69) is 11.6 Å². The Bertz CT molecular complexity index is 1500. The van der Waals surface area contributed by atoms with E-state index in [-0.39, 0.29) is 16.8 Å². The summed E-state index contributed by atoms with van der Waals surface area (Å²) in [5.41, 5.74) is 0.956. The van der Waals surface area contributed by atoms with Gasteiger partial charge in [-0.1, -0.05) is 42.5 Å². The standard InChI is InChI=1S/C27H21ClN2O5/c1-3-13-34-20-11-9-16(14-21(20)33-4-2)24-23-25(31)18-7-5-6-8-19(18)35-26(23)27(32)30(24)22-12-10-17(28)15-29-22/h3,5-12,14-15,24H,1,4,13H2,2H3. The number of hydrogen-bond acceptors (Lipinski definition) is 6. The maximum Gasteiger partial charge on any atom is 0.296 e. The number of carbonyl (C=O) groups is 1. The number of anilines is 1. The second-order valence-corrected chi connectivity index (χ2v) is 8.26. The minimum atomic E-state index is -0.792. The lowest BCUT2D eigenvalue weighted by Crippen LogP contribution is -2.30. The van der Waals surface area contributed by atoms with E-state index in [4.69, 9.17) is 25.5 Å². The van der Waals surface area contributed by atoms with Crippen molar-refractivity contribution in [1.29, 1.82) is 0 Å². The lowest BCUT2D eigenvalue weighted by Gasteiger charge is -2.25. The second-order valence-electron chi connectivity index (χ2n) is 7.82. The van der Waals surface area contributed by atoms with Crippen molar-refractivity contribution >= 4 is 34.3 Å². The highest BCUT2D eigenvalue weighted by Gasteiger charge is 2.44. The van der Waals surface area contributed by atoms with Gasteiger partial charge in [-0.3, -0.25) is 14.5 Å². The highest BCUT2D eigenvalue weighted by atomic mass is 35.5. The van der Waals surface area contributed by atoms with Crippen LogP contribution in [0, 0.1) is 0 Å². The van der Waals surface area contributed by atoms with E-state index in [1.54, 1.807) is 60.7 Å². The van der Waals surface area contributed by atoms with Crippen LogP contribution in [-0.4, -0.2) is 24.1 Å². The van der Waals surface area contributed by atoms with E-state index >= 15 is 0 Å². The number of rotatable bonds is 7. The fraction of sp³-hybridized carbons (Fsp3) is 0.148. The SMILES string of the molecule is C=CCOc1ccc(C2c3c(oc4ccccc4c3=O)C(=O)N2c2ccc(Cl)cn2)cc1OCC. The minimum Gasteiger partial charge on any atom is -0.490 e. The molecule has 1 aliphatic rings. The quantitative estimate of drug-likeness (QED) is 0.317. The van der Waals surface area contributed by atoms with Crippen molar-refractivity contribution in [3.8, 4) is 11.5 Å². The molecular weight excluding hydrogens is 468 g/mol. The maximum atomic E-state index is 13.7. The largest absolute Gasteiger partial charge is 0.490 e. The summed E-state index contributed by atoms with van der Waals surface area (Å²) in [6.45, 7) is 6.25. The predicted molar refractivity (Wildman–Crippen MR) is 134 cm³/mol. The van der Waals surface area contributed by atoms with Crippen molar-refractivity contribution in [1.82, 2.24) is 4.98 Å². The number of para-hydroxylation sites is 1. The van der Waals surface area contributed by atoms with E-state index in [0.717, 1.165) is 0 Å². The van der Waals surface area contributed by atoms with Gasteiger partial charge in [0.15, 0.2) is 16.9 Å². The number of hydrogen-bond donors (Lipinski definition) is 0. The minimum absolute atomic E-state index is 0.0135. The Kier molecular flexibility index (Phi) is 6.01. The Hall–Kier alpha value is -4.10. The molecule has 35 heavy (non-hydrogen) atoms. The first-order valence-corrected chi connectivity index (χ1v) is 11.4. The molecule has 1 aliphatic heterocycles. The maximum absolute atomic E-state index is 13.7. The van der Waals surface area contributed by atoms with Crippen LogP contribution in [0.5, 0.6) is 11.5 Å². The fourth-order valence-electron chi connectivity index (χ4n) is 4.21. The zero-order chi connectivity index (χ0) is 24.5. The molecule has 1 unspecified atom stereocenters. The highest BCUT2D eigenvalue weighted by Crippen LogP contribution is 2.43. The zero-order valence-corrected chi connectivity index (χ0v) is 19.6. The van der Waals surface area contributed by atoms with Gasteiger partial charge >= 0.3 is 0 Å². The summed E-state index contributed by atoms with van der Waals surface area (Å²) >= 11 is 6.04. The average molecular weight is 489 g/mol. The van der Waals surface area contributed by atoms with Crippen LogP contribution in [0.2, 0.25) is 5.02 Å². The molecule has 0 radical (unpaired) electrons. The lowest BCUT2D eigenvalue weighted by molar-refractivity contribution is 0.0970. The number of pyridine rings is 1.